The molecule has 4 nitrogen and oxygen atoms in total. The van der Waals surface area contributed by atoms with Crippen LogP contribution in [0.1, 0.15) is 19.8 Å². The molecule has 1 rings (SSSR count). The van der Waals surface area contributed by atoms with Gasteiger partial charge in [-0.05, 0) is 12.5 Å². The Labute approximate surface area is 83.7 Å². The molecule has 0 unspecified atom stereocenters. The minimum Gasteiger partial charge on any atom is -0.399 e. The molecule has 0 radical (unpaired) electrons. The first kappa shape index (κ1) is 10.5. The second-order valence-corrected chi connectivity index (χ2v) is 3.15. The zero-order chi connectivity index (χ0) is 10.6. The van der Waals surface area contributed by atoms with Crippen LogP contribution in [0, 0.1) is 0 Å². The van der Waals surface area contributed by atoms with E-state index < -0.39 is 0 Å². The van der Waals surface area contributed by atoms with Crippen molar-refractivity contribution in [1.82, 2.24) is 4.98 Å². The number of carbonyl (C=O) groups is 1. The van der Waals surface area contributed by atoms with Gasteiger partial charge in [0.1, 0.15) is 5.82 Å². The van der Waals surface area contributed by atoms with E-state index in [0.29, 0.717) is 17.9 Å². The lowest BCUT2D eigenvalue weighted by Crippen LogP contribution is -2.26. The highest BCUT2D eigenvalue weighted by Gasteiger charge is 2.10. The van der Waals surface area contributed by atoms with E-state index in [1.54, 1.807) is 25.4 Å². The van der Waals surface area contributed by atoms with E-state index >= 15 is 0 Å². The fraction of sp³-hybridized carbons (Fsp3) is 0.400. The summed E-state index contributed by atoms with van der Waals surface area (Å²) >= 11 is 0. The molecule has 0 spiro atoms. The van der Waals surface area contributed by atoms with Gasteiger partial charge in [-0.3, -0.25) is 9.69 Å². The Morgan fingerprint density at radius 3 is 2.93 bits per heavy atom. The van der Waals surface area contributed by atoms with Crippen molar-refractivity contribution in [2.24, 2.45) is 0 Å². The van der Waals surface area contributed by atoms with Crippen molar-refractivity contribution in [3.63, 3.8) is 0 Å². The number of aromatic nitrogens is 1. The Morgan fingerprint density at radius 1 is 1.64 bits per heavy atom. The average Bonchev–Trinajstić information content (AvgIpc) is 2.17. The highest BCUT2D eigenvalue weighted by atomic mass is 16.2. The van der Waals surface area contributed by atoms with Gasteiger partial charge >= 0.3 is 0 Å². The maximum atomic E-state index is 11.5. The minimum atomic E-state index is 0.0607. The molecule has 0 aliphatic heterocycles. The Morgan fingerprint density at radius 2 is 2.36 bits per heavy atom. The molecule has 1 amide bonds. The molecule has 1 heterocycles. The van der Waals surface area contributed by atoms with Crippen LogP contribution in [-0.2, 0) is 4.79 Å². The molecule has 14 heavy (non-hydrogen) atoms. The number of carbonyl (C=O) groups excluding carboxylic acids is 1. The van der Waals surface area contributed by atoms with Crippen LogP contribution in [0.25, 0.3) is 0 Å². The molecule has 4 heteroatoms. The Balaban J connectivity index is 2.78. The third-order valence-electron chi connectivity index (χ3n) is 1.95. The van der Waals surface area contributed by atoms with Crippen molar-refractivity contribution in [1.29, 1.82) is 0 Å². The number of pyridine rings is 1. The SMILES string of the molecule is CCCC(=O)N(C)c1cc(N)ccn1. The van der Waals surface area contributed by atoms with E-state index in [4.69, 9.17) is 5.73 Å². The summed E-state index contributed by atoms with van der Waals surface area (Å²) in [6, 6.07) is 3.38. The third kappa shape index (κ3) is 2.45. The van der Waals surface area contributed by atoms with Gasteiger partial charge in [-0.1, -0.05) is 6.92 Å². The summed E-state index contributed by atoms with van der Waals surface area (Å²) in [5.74, 6) is 0.661. The number of hydrogen-bond donors (Lipinski definition) is 1. The van der Waals surface area contributed by atoms with E-state index in [0.717, 1.165) is 6.42 Å². The predicted molar refractivity (Wildman–Crippen MR) is 57.0 cm³/mol. The molecule has 0 saturated carbocycles. The summed E-state index contributed by atoms with van der Waals surface area (Å²) in [6.07, 6.45) is 2.97. The molecule has 1 aromatic heterocycles. The lowest BCUT2D eigenvalue weighted by atomic mass is 10.3. The maximum absolute atomic E-state index is 11.5. The predicted octanol–water partition coefficient (Wildman–Crippen LogP) is 1.43. The first-order valence-electron chi connectivity index (χ1n) is 4.63. The lowest BCUT2D eigenvalue weighted by molar-refractivity contribution is -0.118. The van der Waals surface area contributed by atoms with Gasteiger partial charge in [-0.25, -0.2) is 4.98 Å². The van der Waals surface area contributed by atoms with Crippen molar-refractivity contribution in [3.05, 3.63) is 18.3 Å². The van der Waals surface area contributed by atoms with Crippen LogP contribution in [0.2, 0.25) is 0 Å². The summed E-state index contributed by atoms with van der Waals surface area (Å²) in [5, 5.41) is 0. The monoisotopic (exact) mass is 193 g/mol. The van der Waals surface area contributed by atoms with E-state index in [1.807, 2.05) is 6.92 Å². The highest BCUT2D eigenvalue weighted by Crippen LogP contribution is 2.13. The summed E-state index contributed by atoms with van der Waals surface area (Å²) in [6.45, 7) is 1.97. The van der Waals surface area contributed by atoms with Crippen LogP contribution in [0.3, 0.4) is 0 Å². The Kier molecular flexibility index (Phi) is 3.45. The number of nitrogen functional groups attached to an aromatic ring is 1. The van der Waals surface area contributed by atoms with Crippen molar-refractivity contribution in [3.8, 4) is 0 Å². The zero-order valence-electron chi connectivity index (χ0n) is 8.53. The maximum Gasteiger partial charge on any atom is 0.227 e. The quantitative estimate of drug-likeness (QED) is 0.789. The van der Waals surface area contributed by atoms with Crippen LogP contribution in [-0.4, -0.2) is 17.9 Å². The number of hydrogen-bond acceptors (Lipinski definition) is 3. The average molecular weight is 193 g/mol. The summed E-state index contributed by atoms with van der Waals surface area (Å²) in [5.41, 5.74) is 6.21. The minimum absolute atomic E-state index is 0.0607. The number of nitrogens with two attached hydrogens (primary N) is 1. The molecular formula is C10H15N3O. The second kappa shape index (κ2) is 4.60. The summed E-state index contributed by atoms with van der Waals surface area (Å²) in [7, 11) is 1.71. The molecule has 0 fully saturated rings. The van der Waals surface area contributed by atoms with E-state index in [9.17, 15) is 4.79 Å². The standard InChI is InChI=1S/C10H15N3O/c1-3-4-10(14)13(2)9-7-8(11)5-6-12-9/h5-7H,3-4H2,1-2H3,(H2,11,12). The first-order valence-corrected chi connectivity index (χ1v) is 4.63. The molecule has 0 aliphatic rings. The van der Waals surface area contributed by atoms with E-state index in [1.165, 1.54) is 4.90 Å². The molecule has 1 aromatic rings. The van der Waals surface area contributed by atoms with Crippen molar-refractivity contribution < 1.29 is 4.79 Å². The lowest BCUT2D eigenvalue weighted by Gasteiger charge is -2.15. The van der Waals surface area contributed by atoms with Crippen LogP contribution in [0.5, 0.6) is 0 Å². The molecular weight excluding hydrogens is 178 g/mol. The highest BCUT2D eigenvalue weighted by molar-refractivity contribution is 5.92. The number of nitrogens with zero attached hydrogens (tertiary/aromatic N) is 2. The van der Waals surface area contributed by atoms with Crippen molar-refractivity contribution >= 4 is 17.4 Å². The molecule has 0 aliphatic carbocycles. The van der Waals surface area contributed by atoms with E-state index in [2.05, 4.69) is 4.98 Å². The summed E-state index contributed by atoms with van der Waals surface area (Å²) < 4.78 is 0. The normalized spacial score (nSPS) is 9.86. The third-order valence-corrected chi connectivity index (χ3v) is 1.95. The molecule has 0 aromatic carbocycles. The largest absolute Gasteiger partial charge is 0.399 e. The molecule has 2 N–H and O–H groups in total. The van der Waals surface area contributed by atoms with Gasteiger partial charge in [-0.15, -0.1) is 0 Å². The molecule has 0 bridgehead atoms. The van der Waals surface area contributed by atoms with Gasteiger partial charge in [0.2, 0.25) is 5.91 Å². The van der Waals surface area contributed by atoms with Crippen molar-refractivity contribution in [2.75, 3.05) is 17.7 Å². The zero-order valence-corrected chi connectivity index (χ0v) is 8.53. The van der Waals surface area contributed by atoms with Crippen LogP contribution < -0.4 is 10.6 Å². The smallest absolute Gasteiger partial charge is 0.227 e. The van der Waals surface area contributed by atoms with Gasteiger partial charge in [0.25, 0.3) is 0 Å². The number of rotatable bonds is 3. The van der Waals surface area contributed by atoms with Gasteiger partial charge in [0.05, 0.1) is 0 Å². The molecule has 0 atom stereocenters. The van der Waals surface area contributed by atoms with Crippen LogP contribution in [0.15, 0.2) is 18.3 Å². The van der Waals surface area contributed by atoms with Gasteiger partial charge in [0, 0.05) is 31.4 Å². The number of amides is 1. The number of anilines is 2. The van der Waals surface area contributed by atoms with Gasteiger partial charge in [0.15, 0.2) is 0 Å². The molecule has 76 valence electrons. The van der Waals surface area contributed by atoms with E-state index in [-0.39, 0.29) is 5.91 Å². The van der Waals surface area contributed by atoms with Crippen LogP contribution in [0.4, 0.5) is 11.5 Å². The second-order valence-electron chi connectivity index (χ2n) is 3.15. The Hall–Kier alpha value is -1.58. The van der Waals surface area contributed by atoms with Gasteiger partial charge < -0.3 is 5.73 Å². The van der Waals surface area contributed by atoms with Gasteiger partial charge in [-0.2, -0.15) is 0 Å². The van der Waals surface area contributed by atoms with Crippen molar-refractivity contribution in [2.45, 2.75) is 19.8 Å². The fourth-order valence-corrected chi connectivity index (χ4v) is 1.13. The first-order chi connectivity index (χ1) is 6.65. The topological polar surface area (TPSA) is 59.2 Å². The Bertz CT molecular complexity index is 325. The summed E-state index contributed by atoms with van der Waals surface area (Å²) in [4.78, 5) is 17.1. The van der Waals surface area contributed by atoms with Crippen LogP contribution >= 0.6 is 0 Å². The molecule has 0 saturated heterocycles. The fourth-order valence-electron chi connectivity index (χ4n) is 1.13.